The first-order chi connectivity index (χ1) is 15.6. The van der Waals surface area contributed by atoms with Crippen LogP contribution in [0.4, 0.5) is 5.95 Å². The number of hydrogen-bond donors (Lipinski definition) is 1. The van der Waals surface area contributed by atoms with Gasteiger partial charge in [0, 0.05) is 25.3 Å². The molecule has 4 aromatic heterocycles. The van der Waals surface area contributed by atoms with Crippen LogP contribution in [0.5, 0.6) is 0 Å². The third-order valence-corrected chi connectivity index (χ3v) is 5.71. The van der Waals surface area contributed by atoms with Crippen LogP contribution in [0.15, 0.2) is 41.5 Å². The summed E-state index contributed by atoms with van der Waals surface area (Å²) in [6.07, 6.45) is 5.36. The zero-order chi connectivity index (χ0) is 22.1. The monoisotopic (exact) mass is 444 g/mol. The maximum absolute atomic E-state index is 13.4. The Bertz CT molecular complexity index is 1410. The number of piperidine rings is 1. The van der Waals surface area contributed by atoms with Crippen molar-refractivity contribution in [2.75, 3.05) is 18.0 Å². The fraction of sp³-hybridized carbons (Fsp3) is 0.375. The molecule has 0 aliphatic carbocycles. The van der Waals surface area contributed by atoms with Crippen molar-refractivity contribution in [1.82, 2.24) is 29.3 Å². The number of anilines is 1. The fourth-order valence-electron chi connectivity index (χ4n) is 4.17. The number of rotatable bonds is 4. The molecule has 4 aromatic rings. The molecule has 1 aliphatic rings. The van der Waals surface area contributed by atoms with Gasteiger partial charge in [-0.05, 0) is 44.0 Å². The Hall–Kier alpha value is -3.77. The van der Waals surface area contributed by atoms with E-state index in [1.807, 2.05) is 28.8 Å². The summed E-state index contributed by atoms with van der Waals surface area (Å²) in [6.45, 7) is 3.99. The lowest BCUT2D eigenvalue weighted by Gasteiger charge is -2.31. The van der Waals surface area contributed by atoms with Gasteiger partial charge in [0.15, 0.2) is 0 Å². The van der Waals surface area contributed by atoms with E-state index >= 15 is 0 Å². The number of imidazole rings is 1. The summed E-state index contributed by atoms with van der Waals surface area (Å²) in [7, 11) is 0. The molecule has 5 heterocycles. The van der Waals surface area contributed by atoms with Gasteiger partial charge in [-0.1, -0.05) is 13.3 Å². The van der Waals surface area contributed by atoms with Crippen molar-refractivity contribution in [3.8, 4) is 11.8 Å². The molecule has 0 spiro atoms. The average molecular weight is 445 g/mol. The third-order valence-electron chi connectivity index (χ3n) is 5.71. The van der Waals surface area contributed by atoms with Gasteiger partial charge in [0.05, 0.1) is 36.0 Å². The summed E-state index contributed by atoms with van der Waals surface area (Å²) in [5.41, 5.74) is 9.37. The van der Waals surface area contributed by atoms with Crippen molar-refractivity contribution >= 4 is 28.0 Å². The SMILES string of the molecule is C.CC#CCn1c(N2CCC[C@@H](N)C2)nc2cnn(Cc3ccc4ncccc4n3)c(=O)c21. The Morgan fingerprint density at radius 1 is 1.18 bits per heavy atom. The smallest absolute Gasteiger partial charge is 0.293 e. The minimum absolute atomic E-state index is 0. The van der Waals surface area contributed by atoms with Gasteiger partial charge >= 0.3 is 0 Å². The largest absolute Gasteiger partial charge is 0.341 e. The quantitative estimate of drug-likeness (QED) is 0.481. The third kappa shape index (κ3) is 4.30. The van der Waals surface area contributed by atoms with E-state index in [4.69, 9.17) is 10.7 Å². The molecule has 9 heteroatoms. The molecule has 1 fully saturated rings. The Kier molecular flexibility index (Phi) is 6.38. The van der Waals surface area contributed by atoms with Crippen molar-refractivity contribution in [2.24, 2.45) is 5.73 Å². The van der Waals surface area contributed by atoms with E-state index in [0.717, 1.165) is 42.1 Å². The second-order valence-corrected chi connectivity index (χ2v) is 7.96. The lowest BCUT2D eigenvalue weighted by atomic mass is 10.1. The number of nitrogens with zero attached hydrogens (tertiary/aromatic N) is 7. The first-order valence-electron chi connectivity index (χ1n) is 10.7. The molecule has 0 aromatic carbocycles. The summed E-state index contributed by atoms with van der Waals surface area (Å²) in [5, 5.41) is 4.37. The molecule has 2 N–H and O–H groups in total. The van der Waals surface area contributed by atoms with E-state index in [2.05, 4.69) is 31.8 Å². The van der Waals surface area contributed by atoms with E-state index in [1.165, 1.54) is 4.68 Å². The molecule has 0 amide bonds. The molecule has 1 aliphatic heterocycles. The van der Waals surface area contributed by atoms with Crippen molar-refractivity contribution in [1.29, 1.82) is 0 Å². The molecule has 5 rings (SSSR count). The van der Waals surface area contributed by atoms with Crippen LogP contribution in [-0.2, 0) is 13.1 Å². The van der Waals surface area contributed by atoms with Gasteiger partial charge in [-0.2, -0.15) is 5.10 Å². The van der Waals surface area contributed by atoms with Crippen molar-refractivity contribution in [3.05, 3.63) is 52.7 Å². The van der Waals surface area contributed by atoms with Gasteiger partial charge in [-0.25, -0.2) is 14.6 Å². The van der Waals surface area contributed by atoms with Crippen LogP contribution in [0.1, 0.15) is 32.9 Å². The minimum Gasteiger partial charge on any atom is -0.341 e. The first kappa shape index (κ1) is 22.4. The number of hydrogen-bond acceptors (Lipinski definition) is 7. The Labute approximate surface area is 192 Å². The van der Waals surface area contributed by atoms with Crippen molar-refractivity contribution in [2.45, 2.75) is 46.3 Å². The minimum atomic E-state index is -0.214. The Balaban J connectivity index is 0.00000259. The summed E-state index contributed by atoms with van der Waals surface area (Å²) >= 11 is 0. The predicted molar refractivity (Wildman–Crippen MR) is 130 cm³/mol. The van der Waals surface area contributed by atoms with E-state index < -0.39 is 0 Å². The molecule has 170 valence electrons. The lowest BCUT2D eigenvalue weighted by Crippen LogP contribution is -2.44. The first-order valence-corrected chi connectivity index (χ1v) is 10.7. The standard InChI is InChI=1S/C23H24N8O.CH4/c1-2-3-12-30-21-20(28-23(30)29-11-5-6-16(24)14-29)13-26-31(22(21)32)15-17-8-9-18-19(27-17)7-4-10-25-18;/h4,7-10,13,16H,5-6,11-12,14-15,24H2,1H3;1H4/t16-;/m1./s1. The van der Waals surface area contributed by atoms with Gasteiger partial charge in [-0.15, -0.1) is 5.92 Å². The van der Waals surface area contributed by atoms with Crippen LogP contribution in [0.3, 0.4) is 0 Å². The van der Waals surface area contributed by atoms with Gasteiger partial charge in [-0.3, -0.25) is 14.3 Å². The van der Waals surface area contributed by atoms with Crippen LogP contribution in [0, 0.1) is 11.8 Å². The van der Waals surface area contributed by atoms with Crippen molar-refractivity contribution < 1.29 is 0 Å². The average Bonchev–Trinajstić information content (AvgIpc) is 3.19. The molecular formula is C24H28N8O. The summed E-state index contributed by atoms with van der Waals surface area (Å²) in [5.74, 6) is 6.72. The topological polar surface area (TPSA) is 108 Å². The fourth-order valence-corrected chi connectivity index (χ4v) is 4.17. The molecule has 0 unspecified atom stereocenters. The maximum atomic E-state index is 13.4. The van der Waals surface area contributed by atoms with E-state index in [1.54, 1.807) is 19.3 Å². The number of pyridine rings is 2. The summed E-state index contributed by atoms with van der Waals surface area (Å²) in [4.78, 5) is 29.3. The highest BCUT2D eigenvalue weighted by atomic mass is 16.1. The predicted octanol–water partition coefficient (Wildman–Crippen LogP) is 2.17. The van der Waals surface area contributed by atoms with Crippen LogP contribution < -0.4 is 16.2 Å². The van der Waals surface area contributed by atoms with E-state index in [9.17, 15) is 4.79 Å². The highest BCUT2D eigenvalue weighted by Gasteiger charge is 2.24. The van der Waals surface area contributed by atoms with Gasteiger partial charge in [0.2, 0.25) is 5.95 Å². The molecular weight excluding hydrogens is 416 g/mol. The molecule has 0 radical (unpaired) electrons. The van der Waals surface area contributed by atoms with Crippen LogP contribution in [0.2, 0.25) is 0 Å². The number of fused-ring (bicyclic) bond motifs is 2. The summed E-state index contributed by atoms with van der Waals surface area (Å²) < 4.78 is 3.32. The zero-order valence-electron chi connectivity index (χ0n) is 17.9. The van der Waals surface area contributed by atoms with Crippen molar-refractivity contribution in [3.63, 3.8) is 0 Å². The van der Waals surface area contributed by atoms with Crippen LogP contribution in [-0.4, -0.2) is 48.4 Å². The van der Waals surface area contributed by atoms with Gasteiger partial charge in [0.25, 0.3) is 5.56 Å². The lowest BCUT2D eigenvalue weighted by molar-refractivity contribution is 0.496. The second-order valence-electron chi connectivity index (χ2n) is 7.96. The molecule has 1 atom stereocenters. The molecule has 33 heavy (non-hydrogen) atoms. The highest BCUT2D eigenvalue weighted by molar-refractivity contribution is 5.77. The van der Waals surface area contributed by atoms with E-state index in [0.29, 0.717) is 24.1 Å². The maximum Gasteiger partial charge on any atom is 0.293 e. The summed E-state index contributed by atoms with van der Waals surface area (Å²) in [6, 6.07) is 7.61. The zero-order valence-corrected chi connectivity index (χ0v) is 17.9. The Morgan fingerprint density at radius 3 is 2.88 bits per heavy atom. The highest BCUT2D eigenvalue weighted by Crippen LogP contribution is 2.23. The van der Waals surface area contributed by atoms with Crippen LogP contribution in [0.25, 0.3) is 22.1 Å². The second kappa shape index (κ2) is 9.38. The van der Waals surface area contributed by atoms with Gasteiger partial charge < -0.3 is 10.6 Å². The van der Waals surface area contributed by atoms with Gasteiger partial charge in [0.1, 0.15) is 11.0 Å². The van der Waals surface area contributed by atoms with Crippen LogP contribution >= 0.6 is 0 Å². The molecule has 0 bridgehead atoms. The Morgan fingerprint density at radius 2 is 2.06 bits per heavy atom. The molecule has 9 nitrogen and oxygen atoms in total. The number of nitrogens with two attached hydrogens (primary N) is 1. The van der Waals surface area contributed by atoms with E-state index in [-0.39, 0.29) is 25.6 Å². The normalized spacial score (nSPS) is 15.8. The molecule has 0 saturated carbocycles. The molecule has 1 saturated heterocycles. The number of aromatic nitrogens is 6.